The van der Waals surface area contributed by atoms with Crippen LogP contribution in [0.15, 0.2) is 46.2 Å². The molecule has 0 bridgehead atoms. The zero-order valence-electron chi connectivity index (χ0n) is 28.9. The minimum absolute atomic E-state index is 0. The zero-order chi connectivity index (χ0) is 34.3. The van der Waals surface area contributed by atoms with Crippen LogP contribution in [-0.4, -0.2) is 68.8 Å². The monoisotopic (exact) mass is 722 g/mol. The maximum absolute atomic E-state index is 11.4. The molecule has 0 unspecified atom stereocenters. The number of unbranched alkanes of at least 4 members (excludes halogenated alkanes) is 18. The van der Waals surface area contributed by atoms with E-state index in [9.17, 15) is 31.6 Å². The van der Waals surface area contributed by atoms with Crippen molar-refractivity contribution >= 4 is 58.0 Å². The first-order chi connectivity index (χ1) is 21.9. The summed E-state index contributed by atoms with van der Waals surface area (Å²) in [7, 11) is -9.03. The molecule has 0 amide bonds. The van der Waals surface area contributed by atoms with E-state index in [1.54, 1.807) is 12.1 Å². The molecule has 0 fully saturated rings. The van der Waals surface area contributed by atoms with Gasteiger partial charge in [0.05, 0.1) is 0 Å². The average Bonchev–Trinajstić information content (AvgIpc) is 2.99. The molecule has 2 aromatic rings. The molecule has 2 N–H and O–H groups in total. The number of rotatable bonds is 24. The van der Waals surface area contributed by atoms with E-state index in [0.29, 0.717) is 6.42 Å². The Bertz CT molecular complexity index is 1210. The maximum Gasteiger partial charge on any atom is 2.00 e. The molecular weight excluding hydrogens is 665 g/mol. The number of hydrogen-bond acceptors (Lipinski definition) is 7. The normalized spacial score (nSPS) is 11.5. The summed E-state index contributed by atoms with van der Waals surface area (Å²) >= 11 is 0. The summed E-state index contributed by atoms with van der Waals surface area (Å²) in [5.41, 5.74) is 1.58. The standard InChI is InChI=1S/2C18H30O4S.Ca/c2*1-2-3-4-5-6-7-8-9-10-11-12-16-13-14-17(19)18(15-16)23(20,21)22;/h2*13-15,19H,2-12H2,1H3,(H,20,21,22);/q;;+2/p-2. The molecule has 2 aromatic carbocycles. The van der Waals surface area contributed by atoms with E-state index in [0.717, 1.165) is 43.2 Å². The Balaban J connectivity index is 0.000000882. The Morgan fingerprint density at radius 3 is 1.26 bits per heavy atom. The van der Waals surface area contributed by atoms with Crippen LogP contribution in [0.1, 0.15) is 153 Å². The van der Waals surface area contributed by atoms with Crippen LogP contribution in [0.25, 0.3) is 0 Å². The molecule has 0 atom stereocenters. The Morgan fingerprint density at radius 2 is 0.894 bits per heavy atom. The molecule has 47 heavy (non-hydrogen) atoms. The number of aromatic hydroxyl groups is 1. The second-order valence-electron chi connectivity index (χ2n) is 12.4. The van der Waals surface area contributed by atoms with Gasteiger partial charge in [-0.25, -0.2) is 8.42 Å². The van der Waals surface area contributed by atoms with Gasteiger partial charge in [-0.15, -0.1) is 0 Å². The van der Waals surface area contributed by atoms with Gasteiger partial charge in [0, 0.05) is 4.90 Å². The molecular formula is C36H58CaO8S2. The van der Waals surface area contributed by atoms with Crippen LogP contribution in [-0.2, 0) is 33.1 Å². The smallest absolute Gasteiger partial charge is 0.872 e. The molecule has 0 heterocycles. The van der Waals surface area contributed by atoms with Crippen molar-refractivity contribution in [1.82, 2.24) is 0 Å². The first-order valence-electron chi connectivity index (χ1n) is 17.4. The van der Waals surface area contributed by atoms with Crippen LogP contribution in [0, 0.1) is 0 Å². The van der Waals surface area contributed by atoms with E-state index in [-0.39, 0.29) is 37.7 Å². The summed E-state index contributed by atoms with van der Waals surface area (Å²) in [6.07, 6.45) is 26.4. The van der Waals surface area contributed by atoms with E-state index in [2.05, 4.69) is 13.8 Å². The zero-order valence-corrected chi connectivity index (χ0v) is 32.7. The Kier molecular flexibility index (Phi) is 26.4. The molecule has 0 aliphatic heterocycles. The predicted octanol–water partition coefficient (Wildman–Crippen LogP) is 8.85. The van der Waals surface area contributed by atoms with Gasteiger partial charge in [0.2, 0.25) is 0 Å². The van der Waals surface area contributed by atoms with Gasteiger partial charge in [0.15, 0.2) is 0 Å². The molecule has 0 saturated carbocycles. The van der Waals surface area contributed by atoms with E-state index in [1.807, 2.05) is 0 Å². The van der Waals surface area contributed by atoms with Crippen molar-refractivity contribution in [2.75, 3.05) is 0 Å². The van der Waals surface area contributed by atoms with Crippen molar-refractivity contribution in [2.24, 2.45) is 0 Å². The third-order valence-electron chi connectivity index (χ3n) is 8.22. The van der Waals surface area contributed by atoms with E-state index in [1.165, 1.54) is 127 Å². The molecule has 0 spiro atoms. The Morgan fingerprint density at radius 1 is 0.553 bits per heavy atom. The summed E-state index contributed by atoms with van der Waals surface area (Å²) < 4.78 is 64.3. The first-order valence-corrected chi connectivity index (χ1v) is 20.3. The summed E-state index contributed by atoms with van der Waals surface area (Å²) in [4.78, 5) is -1.02. The molecule has 0 radical (unpaired) electrons. The topological polar surface area (TPSA) is 155 Å². The average molecular weight is 723 g/mol. The number of aryl methyl sites for hydroxylation is 2. The van der Waals surface area contributed by atoms with Crippen molar-refractivity contribution in [3.63, 3.8) is 0 Å². The number of phenols is 1. The van der Waals surface area contributed by atoms with Gasteiger partial charge in [0.25, 0.3) is 10.1 Å². The Labute approximate surface area is 315 Å². The van der Waals surface area contributed by atoms with Gasteiger partial charge in [-0.3, -0.25) is 4.55 Å². The number of hydrogen-bond donors (Lipinski definition) is 2. The SMILES string of the molecule is CCCCCCCCCCCCc1ccc(O)c(S(=O)(=O)O)c1.CCCCCCCCCCCCc1ccc([O-])c(S(=O)(=O)[O-])c1.[Ca+2]. The molecule has 2 rings (SSSR count). The fourth-order valence-electron chi connectivity index (χ4n) is 5.46. The van der Waals surface area contributed by atoms with Crippen LogP contribution in [0.5, 0.6) is 11.5 Å². The molecule has 0 aliphatic rings. The molecule has 264 valence electrons. The van der Waals surface area contributed by atoms with Crippen molar-refractivity contribution in [3.05, 3.63) is 47.5 Å². The van der Waals surface area contributed by atoms with E-state index >= 15 is 0 Å². The van der Waals surface area contributed by atoms with Gasteiger partial charge in [0.1, 0.15) is 20.8 Å². The first kappa shape index (κ1) is 46.1. The van der Waals surface area contributed by atoms with Gasteiger partial charge in [-0.05, 0) is 55.0 Å². The van der Waals surface area contributed by atoms with Crippen LogP contribution in [0.3, 0.4) is 0 Å². The molecule has 8 nitrogen and oxygen atoms in total. The van der Waals surface area contributed by atoms with Crippen LogP contribution in [0.4, 0.5) is 0 Å². The van der Waals surface area contributed by atoms with E-state index < -0.39 is 41.5 Å². The number of phenolic OH excluding ortho intramolecular Hbond substituents is 1. The largest absolute Gasteiger partial charge is 2.00 e. The molecule has 0 aromatic heterocycles. The maximum atomic E-state index is 11.4. The second kappa shape index (κ2) is 26.9. The predicted molar refractivity (Wildman–Crippen MR) is 189 cm³/mol. The summed E-state index contributed by atoms with van der Waals surface area (Å²) in [5.74, 6) is -1.12. The van der Waals surface area contributed by atoms with E-state index in [4.69, 9.17) is 4.55 Å². The van der Waals surface area contributed by atoms with Crippen molar-refractivity contribution in [3.8, 4) is 11.5 Å². The van der Waals surface area contributed by atoms with Crippen LogP contribution < -0.4 is 5.11 Å². The summed E-state index contributed by atoms with van der Waals surface area (Å²) in [5, 5.41) is 20.9. The molecule has 11 heteroatoms. The van der Waals surface area contributed by atoms with Gasteiger partial charge in [-0.1, -0.05) is 153 Å². The summed E-state index contributed by atoms with van der Waals surface area (Å²) in [6.45, 7) is 4.45. The minimum Gasteiger partial charge on any atom is -0.872 e. The third kappa shape index (κ3) is 22.5. The summed E-state index contributed by atoms with van der Waals surface area (Å²) in [6, 6.07) is 8.42. The quantitative estimate of drug-likeness (QED) is 0.0619. The molecule has 0 saturated heterocycles. The van der Waals surface area contributed by atoms with Gasteiger partial charge in [-0.2, -0.15) is 8.42 Å². The third-order valence-corrected chi connectivity index (χ3v) is 9.96. The van der Waals surface area contributed by atoms with Crippen molar-refractivity contribution in [1.29, 1.82) is 0 Å². The van der Waals surface area contributed by atoms with Crippen molar-refractivity contribution in [2.45, 2.75) is 165 Å². The second-order valence-corrected chi connectivity index (χ2v) is 15.1. The Hall–Kier alpha value is -0.880. The number of benzene rings is 2. The van der Waals surface area contributed by atoms with Crippen molar-refractivity contribution < 1.29 is 36.2 Å². The minimum atomic E-state index is -4.67. The fraction of sp³-hybridized carbons (Fsp3) is 0.667. The van der Waals surface area contributed by atoms with Crippen LogP contribution in [0.2, 0.25) is 0 Å². The van der Waals surface area contributed by atoms with Gasteiger partial charge < -0.3 is 14.8 Å². The molecule has 0 aliphatic carbocycles. The fourth-order valence-corrected chi connectivity index (χ4v) is 6.70. The van der Waals surface area contributed by atoms with Crippen LogP contribution >= 0.6 is 0 Å². The van der Waals surface area contributed by atoms with Gasteiger partial charge >= 0.3 is 37.7 Å².